The lowest BCUT2D eigenvalue weighted by atomic mass is 10.1. The molecule has 0 N–H and O–H groups in total. The average Bonchev–Trinajstić information content (AvgIpc) is 3.36. The summed E-state index contributed by atoms with van der Waals surface area (Å²) in [6.45, 7) is 0. The first-order valence-corrected chi connectivity index (χ1v) is 10.4. The molecule has 0 radical (unpaired) electrons. The van der Waals surface area contributed by atoms with Crippen LogP contribution in [0.4, 0.5) is 5.69 Å². The van der Waals surface area contributed by atoms with E-state index in [1.54, 1.807) is 41.2 Å². The van der Waals surface area contributed by atoms with Crippen LogP contribution in [0.15, 0.2) is 89.2 Å². The van der Waals surface area contributed by atoms with Gasteiger partial charge in [-0.25, -0.2) is 4.68 Å². The minimum absolute atomic E-state index is 0.000378. The van der Waals surface area contributed by atoms with Crippen molar-refractivity contribution in [3.05, 3.63) is 110 Å². The van der Waals surface area contributed by atoms with E-state index >= 15 is 0 Å². The van der Waals surface area contributed by atoms with E-state index in [2.05, 4.69) is 21.0 Å². The molecule has 0 spiro atoms. The van der Waals surface area contributed by atoms with Crippen molar-refractivity contribution in [3.8, 4) is 22.7 Å². The summed E-state index contributed by atoms with van der Waals surface area (Å²) in [6, 6.07) is 21.0. The van der Waals surface area contributed by atoms with Crippen molar-refractivity contribution in [1.82, 2.24) is 9.78 Å². The first-order chi connectivity index (χ1) is 15.5. The van der Waals surface area contributed by atoms with Gasteiger partial charge in [0.25, 0.3) is 5.69 Å². The number of ether oxygens (including phenoxy) is 1. The van der Waals surface area contributed by atoms with Gasteiger partial charge in [0.1, 0.15) is 11.4 Å². The third-order valence-electron chi connectivity index (χ3n) is 5.03. The quantitative estimate of drug-likeness (QED) is 0.205. The average molecular weight is 488 g/mol. The van der Waals surface area contributed by atoms with Gasteiger partial charge in [0.15, 0.2) is 5.76 Å². The molecule has 156 valence electrons. The molecule has 4 aromatic rings. The lowest BCUT2D eigenvalue weighted by Gasteiger charge is -2.01. The van der Waals surface area contributed by atoms with E-state index in [9.17, 15) is 14.9 Å². The molecule has 5 rings (SSSR count). The van der Waals surface area contributed by atoms with E-state index < -0.39 is 4.92 Å². The van der Waals surface area contributed by atoms with E-state index in [0.717, 1.165) is 10.0 Å². The van der Waals surface area contributed by atoms with Crippen LogP contribution < -0.4 is 4.74 Å². The zero-order chi connectivity index (χ0) is 22.2. The molecule has 0 amide bonds. The Kier molecular flexibility index (Phi) is 4.91. The predicted molar refractivity (Wildman–Crippen MR) is 123 cm³/mol. The number of nitro benzene ring substituents is 1. The Hall–Kier alpha value is -4.04. The number of nitro groups is 1. The van der Waals surface area contributed by atoms with Crippen LogP contribution in [0, 0.1) is 10.1 Å². The maximum absolute atomic E-state index is 12.9. The molecule has 0 bridgehead atoms. The highest BCUT2D eigenvalue weighted by atomic mass is 79.9. The van der Waals surface area contributed by atoms with Gasteiger partial charge in [-0.05, 0) is 36.4 Å². The lowest BCUT2D eigenvalue weighted by molar-refractivity contribution is -0.384. The Morgan fingerprint density at radius 1 is 1.03 bits per heavy atom. The highest BCUT2D eigenvalue weighted by molar-refractivity contribution is 9.10. The molecule has 0 saturated heterocycles. The number of allylic oxidation sites excluding steroid dienone is 1. The van der Waals surface area contributed by atoms with Crippen LogP contribution in [0.5, 0.6) is 5.75 Å². The maximum Gasteiger partial charge on any atom is 0.269 e. The topological polar surface area (TPSA) is 87.3 Å². The molecule has 0 fully saturated rings. The number of rotatable bonds is 4. The molecule has 1 aliphatic rings. The fourth-order valence-corrected chi connectivity index (χ4v) is 3.84. The Morgan fingerprint density at radius 3 is 2.50 bits per heavy atom. The third kappa shape index (κ3) is 3.61. The van der Waals surface area contributed by atoms with E-state index in [-0.39, 0.29) is 17.2 Å². The molecular formula is C24H14BrN3O4. The summed E-state index contributed by atoms with van der Waals surface area (Å²) in [5.41, 5.74) is 3.36. The molecule has 0 aliphatic carbocycles. The summed E-state index contributed by atoms with van der Waals surface area (Å²) in [6.07, 6.45) is 3.44. The number of non-ortho nitro benzene ring substituents is 1. The van der Waals surface area contributed by atoms with Gasteiger partial charge < -0.3 is 4.74 Å². The zero-order valence-corrected chi connectivity index (χ0v) is 18.0. The van der Waals surface area contributed by atoms with Crippen LogP contribution in [0.2, 0.25) is 0 Å². The van der Waals surface area contributed by atoms with E-state index in [0.29, 0.717) is 28.3 Å². The Morgan fingerprint density at radius 2 is 1.78 bits per heavy atom. The number of carbonyl (C=O) groups excluding carboxylic acids is 1. The largest absolute Gasteiger partial charge is 0.452 e. The molecule has 0 saturated carbocycles. The first-order valence-electron chi connectivity index (χ1n) is 9.63. The second kappa shape index (κ2) is 7.90. The molecule has 0 unspecified atom stereocenters. The fourth-order valence-electron chi connectivity index (χ4n) is 3.48. The van der Waals surface area contributed by atoms with Crippen LogP contribution in [0.25, 0.3) is 23.0 Å². The van der Waals surface area contributed by atoms with Gasteiger partial charge in [-0.15, -0.1) is 0 Å². The van der Waals surface area contributed by atoms with Crippen molar-refractivity contribution in [3.63, 3.8) is 0 Å². The van der Waals surface area contributed by atoms with Crippen LogP contribution in [0.1, 0.15) is 15.9 Å². The summed E-state index contributed by atoms with van der Waals surface area (Å²) in [5, 5.41) is 15.6. The Bertz CT molecular complexity index is 1390. The van der Waals surface area contributed by atoms with E-state index in [4.69, 9.17) is 4.74 Å². The highest BCUT2D eigenvalue weighted by Gasteiger charge is 2.28. The molecule has 3 aromatic carbocycles. The van der Waals surface area contributed by atoms with Crippen molar-refractivity contribution in [2.75, 3.05) is 0 Å². The van der Waals surface area contributed by atoms with Gasteiger partial charge in [-0.1, -0.05) is 46.3 Å². The molecule has 8 heteroatoms. The SMILES string of the molecule is O=C1/C(=C/c2cn(-c3ccc([N+](=O)[O-])cc3)nc2-c2ccccc2)Oc2ccc(Br)cc21. The summed E-state index contributed by atoms with van der Waals surface area (Å²) >= 11 is 3.38. The molecule has 7 nitrogen and oxygen atoms in total. The third-order valence-corrected chi connectivity index (χ3v) is 5.52. The number of ketones is 1. The minimum atomic E-state index is -0.447. The minimum Gasteiger partial charge on any atom is -0.452 e. The van der Waals surface area contributed by atoms with Crippen LogP contribution >= 0.6 is 15.9 Å². The number of benzene rings is 3. The number of carbonyl (C=O) groups is 1. The summed E-state index contributed by atoms with van der Waals surface area (Å²) in [4.78, 5) is 23.4. The number of aromatic nitrogens is 2. The number of Topliss-reactive ketones (excluding diaryl/α,β-unsaturated/α-hetero) is 1. The number of hydrogen-bond acceptors (Lipinski definition) is 5. The maximum atomic E-state index is 12.9. The second-order valence-electron chi connectivity index (χ2n) is 7.10. The monoisotopic (exact) mass is 487 g/mol. The van der Waals surface area contributed by atoms with Gasteiger partial charge in [-0.2, -0.15) is 5.10 Å². The lowest BCUT2D eigenvalue weighted by Crippen LogP contribution is -1.98. The number of fused-ring (bicyclic) bond motifs is 1. The highest BCUT2D eigenvalue weighted by Crippen LogP contribution is 2.35. The van der Waals surface area contributed by atoms with Crippen molar-refractivity contribution in [2.24, 2.45) is 0 Å². The van der Waals surface area contributed by atoms with Gasteiger partial charge in [-0.3, -0.25) is 14.9 Å². The second-order valence-corrected chi connectivity index (χ2v) is 8.01. The first kappa shape index (κ1) is 19.9. The van der Waals surface area contributed by atoms with Crippen LogP contribution in [0.3, 0.4) is 0 Å². The van der Waals surface area contributed by atoms with Crippen LogP contribution in [-0.2, 0) is 0 Å². The Balaban J connectivity index is 1.59. The molecule has 2 heterocycles. The molecule has 32 heavy (non-hydrogen) atoms. The standard InChI is InChI=1S/C24H14BrN3O4/c25-17-6-11-21-20(13-17)24(29)22(32-21)12-16-14-27(18-7-9-19(10-8-18)28(30)31)26-23(16)15-4-2-1-3-5-15/h1-14H/b22-12-. The molecular weight excluding hydrogens is 474 g/mol. The van der Waals surface area contributed by atoms with Gasteiger partial charge >= 0.3 is 0 Å². The molecule has 1 aromatic heterocycles. The van der Waals surface area contributed by atoms with E-state index in [1.165, 1.54) is 12.1 Å². The van der Waals surface area contributed by atoms with Crippen molar-refractivity contribution in [1.29, 1.82) is 0 Å². The van der Waals surface area contributed by atoms with Crippen molar-refractivity contribution >= 4 is 33.5 Å². The van der Waals surface area contributed by atoms with Gasteiger partial charge in [0, 0.05) is 33.9 Å². The van der Waals surface area contributed by atoms with Gasteiger partial charge in [0.2, 0.25) is 5.78 Å². The van der Waals surface area contributed by atoms with Crippen molar-refractivity contribution in [2.45, 2.75) is 0 Å². The van der Waals surface area contributed by atoms with Crippen LogP contribution in [-0.4, -0.2) is 20.5 Å². The smallest absolute Gasteiger partial charge is 0.269 e. The van der Waals surface area contributed by atoms with Gasteiger partial charge in [0.05, 0.1) is 16.2 Å². The zero-order valence-electron chi connectivity index (χ0n) is 16.4. The number of nitrogens with zero attached hydrogens (tertiary/aromatic N) is 3. The number of hydrogen-bond donors (Lipinski definition) is 0. The van der Waals surface area contributed by atoms with E-state index in [1.807, 2.05) is 36.4 Å². The summed E-state index contributed by atoms with van der Waals surface area (Å²) in [7, 11) is 0. The summed E-state index contributed by atoms with van der Waals surface area (Å²) < 4.78 is 8.23. The fraction of sp³-hybridized carbons (Fsp3) is 0. The summed E-state index contributed by atoms with van der Waals surface area (Å²) in [5.74, 6) is 0.510. The molecule has 1 aliphatic heterocycles. The predicted octanol–water partition coefficient (Wildman–Crippen LogP) is 5.83. The normalized spacial score (nSPS) is 13.8. The van der Waals surface area contributed by atoms with Crippen molar-refractivity contribution < 1.29 is 14.5 Å². The molecule has 0 atom stereocenters. The Labute approximate surface area is 190 Å². The number of halogens is 1.